The Kier molecular flexibility index (Phi) is 4.54. The minimum absolute atomic E-state index is 0.0707. The van der Waals surface area contributed by atoms with Gasteiger partial charge in [-0.3, -0.25) is 0 Å². The van der Waals surface area contributed by atoms with Gasteiger partial charge in [-0.1, -0.05) is 24.6 Å². The first-order valence-electron chi connectivity index (χ1n) is 11.3. The molecule has 1 aromatic heterocycles. The van der Waals surface area contributed by atoms with Crippen LogP contribution in [0.4, 0.5) is 0 Å². The van der Waals surface area contributed by atoms with Crippen molar-refractivity contribution in [2.45, 2.75) is 64.6 Å². The summed E-state index contributed by atoms with van der Waals surface area (Å²) in [4.78, 5) is 0. The van der Waals surface area contributed by atoms with Gasteiger partial charge in [-0.05, 0) is 74.2 Å². The number of aromatic nitrogens is 1. The van der Waals surface area contributed by atoms with Crippen molar-refractivity contribution >= 4 is 5.70 Å². The molecule has 1 aromatic rings. The molecule has 2 fully saturated rings. The fraction of sp³-hybridized carbons (Fsp3) is 0.640. The Morgan fingerprint density at radius 3 is 2.52 bits per heavy atom. The smallest absolute Gasteiger partial charge is 0.194 e. The van der Waals surface area contributed by atoms with E-state index in [1.54, 1.807) is 0 Å². The predicted octanol–water partition coefficient (Wildman–Crippen LogP) is 3.08. The Hall–Kier alpha value is -1.49. The Balaban J connectivity index is 1.57. The van der Waals surface area contributed by atoms with Crippen LogP contribution in [0.3, 0.4) is 0 Å². The summed E-state index contributed by atoms with van der Waals surface area (Å²) in [5.41, 5.74) is 3.64. The van der Waals surface area contributed by atoms with E-state index >= 15 is 0 Å². The second-order valence-corrected chi connectivity index (χ2v) is 10.3. The number of aliphatic hydroxyl groups excluding tert-OH is 3. The highest BCUT2D eigenvalue weighted by Gasteiger charge is 2.63. The number of allylic oxidation sites excluding steroid dienone is 1. The van der Waals surface area contributed by atoms with Gasteiger partial charge < -0.3 is 15.3 Å². The van der Waals surface area contributed by atoms with E-state index in [-0.39, 0.29) is 35.4 Å². The topological polar surface area (TPSA) is 64.6 Å². The summed E-state index contributed by atoms with van der Waals surface area (Å²) in [6.07, 6.45) is 11.0. The van der Waals surface area contributed by atoms with Gasteiger partial charge in [-0.2, -0.15) is 4.57 Å². The van der Waals surface area contributed by atoms with E-state index in [4.69, 9.17) is 0 Å². The molecule has 5 rings (SSSR count). The molecule has 2 saturated carbocycles. The predicted molar refractivity (Wildman–Crippen MR) is 111 cm³/mol. The van der Waals surface area contributed by atoms with Gasteiger partial charge in [0.2, 0.25) is 0 Å². The SMILES string of the molecule is CC1=C([n+]2ccccc2)[C@@]2(CO)CC[C@H]3[C@@H]([C@@H](O)C=C4C[C@@H](O)CC[C@@]43C)[C@@H]2C1. The Labute approximate surface area is 173 Å². The van der Waals surface area contributed by atoms with E-state index in [2.05, 4.69) is 36.9 Å². The van der Waals surface area contributed by atoms with Gasteiger partial charge in [0.25, 0.3) is 0 Å². The van der Waals surface area contributed by atoms with Crippen molar-refractivity contribution in [3.05, 3.63) is 47.8 Å². The highest BCUT2D eigenvalue weighted by Crippen LogP contribution is 2.66. The second kappa shape index (κ2) is 6.76. The zero-order valence-corrected chi connectivity index (χ0v) is 17.6. The molecule has 4 heteroatoms. The van der Waals surface area contributed by atoms with Crippen molar-refractivity contribution in [1.82, 2.24) is 0 Å². The summed E-state index contributed by atoms with van der Waals surface area (Å²) in [5.74, 6) is 0.838. The molecular weight excluding hydrogens is 362 g/mol. The first-order valence-corrected chi connectivity index (χ1v) is 11.3. The largest absolute Gasteiger partial charge is 0.395 e. The van der Waals surface area contributed by atoms with Crippen molar-refractivity contribution in [3.8, 4) is 0 Å². The molecule has 0 radical (unpaired) electrons. The first-order chi connectivity index (χ1) is 13.9. The number of nitrogens with zero attached hydrogens (tertiary/aromatic N) is 1. The van der Waals surface area contributed by atoms with Crippen LogP contribution in [0, 0.1) is 28.6 Å². The maximum Gasteiger partial charge on any atom is 0.194 e. The van der Waals surface area contributed by atoms with Crippen LogP contribution < -0.4 is 4.57 Å². The summed E-state index contributed by atoms with van der Waals surface area (Å²) in [7, 11) is 0. The highest BCUT2D eigenvalue weighted by molar-refractivity contribution is 5.54. The van der Waals surface area contributed by atoms with E-state index in [1.807, 2.05) is 18.2 Å². The van der Waals surface area contributed by atoms with Gasteiger partial charge in [0.1, 0.15) is 0 Å². The first kappa shape index (κ1) is 19.5. The second-order valence-electron chi connectivity index (χ2n) is 10.3. The van der Waals surface area contributed by atoms with Crippen LogP contribution in [0.1, 0.15) is 52.4 Å². The van der Waals surface area contributed by atoms with E-state index in [9.17, 15) is 15.3 Å². The molecule has 7 atom stereocenters. The third kappa shape index (κ3) is 2.65. The molecular formula is C25H34NO3+. The molecule has 3 N–H and O–H groups in total. The molecule has 0 unspecified atom stereocenters. The molecule has 0 aliphatic heterocycles. The lowest BCUT2D eigenvalue weighted by atomic mass is 9.47. The lowest BCUT2D eigenvalue weighted by molar-refractivity contribution is -0.591. The van der Waals surface area contributed by atoms with Crippen LogP contribution in [-0.2, 0) is 0 Å². The lowest BCUT2D eigenvalue weighted by Gasteiger charge is -2.58. The minimum Gasteiger partial charge on any atom is -0.395 e. The van der Waals surface area contributed by atoms with Crippen LogP contribution in [-0.4, -0.2) is 34.1 Å². The van der Waals surface area contributed by atoms with E-state index in [0.29, 0.717) is 12.3 Å². The van der Waals surface area contributed by atoms with Crippen LogP contribution in [0.15, 0.2) is 47.8 Å². The summed E-state index contributed by atoms with van der Waals surface area (Å²) in [6, 6.07) is 6.11. The third-order valence-electron chi connectivity index (χ3n) is 8.97. The highest BCUT2D eigenvalue weighted by atomic mass is 16.3. The van der Waals surface area contributed by atoms with Crippen LogP contribution in [0.25, 0.3) is 5.70 Å². The summed E-state index contributed by atoms with van der Waals surface area (Å²) < 4.78 is 2.20. The number of fused-ring (bicyclic) bond motifs is 5. The molecule has 0 saturated heterocycles. The van der Waals surface area contributed by atoms with E-state index in [0.717, 1.165) is 32.1 Å². The van der Waals surface area contributed by atoms with Gasteiger partial charge in [0.05, 0.1) is 24.2 Å². The van der Waals surface area contributed by atoms with Gasteiger partial charge in [-0.25, -0.2) is 0 Å². The summed E-state index contributed by atoms with van der Waals surface area (Å²) in [5, 5.41) is 32.2. The number of rotatable bonds is 2. The van der Waals surface area contributed by atoms with E-state index in [1.165, 1.54) is 16.8 Å². The number of pyridine rings is 1. The molecule has 4 aliphatic rings. The molecule has 0 aromatic carbocycles. The fourth-order valence-corrected chi connectivity index (χ4v) is 7.65. The average molecular weight is 397 g/mol. The molecule has 4 nitrogen and oxygen atoms in total. The molecule has 0 amide bonds. The molecule has 0 spiro atoms. The van der Waals surface area contributed by atoms with Gasteiger partial charge in [0, 0.05) is 12.1 Å². The minimum atomic E-state index is -0.488. The standard InChI is InChI=1S/C25H34NO3/c1-16-12-20-22-19(24(2)8-6-18(28)13-17(24)14-21(22)29)7-9-25(20,15-27)23(16)26-10-4-3-5-11-26/h3-5,10-11,14,18-22,27-29H,6-9,12-13,15H2,1-2H3/q+1/t18-,19-,20-,21-,22+,24-,25+/m0/s1. The number of hydrogen-bond donors (Lipinski definition) is 3. The molecule has 29 heavy (non-hydrogen) atoms. The van der Waals surface area contributed by atoms with Crippen molar-refractivity contribution in [1.29, 1.82) is 0 Å². The maximum absolute atomic E-state index is 11.3. The normalized spacial score (nSPS) is 44.0. The van der Waals surface area contributed by atoms with Crippen LogP contribution >= 0.6 is 0 Å². The van der Waals surface area contributed by atoms with E-state index < -0.39 is 6.10 Å². The fourth-order valence-electron chi connectivity index (χ4n) is 7.65. The van der Waals surface area contributed by atoms with Gasteiger partial charge in [-0.15, -0.1) is 0 Å². The quantitative estimate of drug-likeness (QED) is 0.532. The average Bonchev–Trinajstić information content (AvgIpc) is 3.02. The monoisotopic (exact) mass is 396 g/mol. The van der Waals surface area contributed by atoms with Crippen LogP contribution in [0.2, 0.25) is 0 Å². The zero-order chi connectivity index (χ0) is 20.4. The Bertz CT molecular complexity index is 862. The van der Waals surface area contributed by atoms with Crippen LogP contribution in [0.5, 0.6) is 0 Å². The Morgan fingerprint density at radius 1 is 1.03 bits per heavy atom. The molecule has 156 valence electrons. The maximum atomic E-state index is 11.3. The van der Waals surface area contributed by atoms with Crippen molar-refractivity contribution in [3.63, 3.8) is 0 Å². The van der Waals surface area contributed by atoms with Crippen molar-refractivity contribution in [2.75, 3.05) is 6.61 Å². The lowest BCUT2D eigenvalue weighted by Crippen LogP contribution is -2.57. The summed E-state index contributed by atoms with van der Waals surface area (Å²) in [6.45, 7) is 4.70. The number of hydrogen-bond acceptors (Lipinski definition) is 3. The van der Waals surface area contributed by atoms with Gasteiger partial charge in [0.15, 0.2) is 18.1 Å². The molecule has 4 aliphatic carbocycles. The van der Waals surface area contributed by atoms with Crippen molar-refractivity contribution in [2.24, 2.45) is 28.6 Å². The third-order valence-corrected chi connectivity index (χ3v) is 8.97. The molecule has 0 bridgehead atoms. The van der Waals surface area contributed by atoms with Crippen molar-refractivity contribution < 1.29 is 19.9 Å². The zero-order valence-electron chi connectivity index (χ0n) is 17.6. The van der Waals surface area contributed by atoms with Gasteiger partial charge >= 0.3 is 0 Å². The number of aliphatic hydroxyl groups is 3. The molecule has 1 heterocycles. The Morgan fingerprint density at radius 2 is 1.79 bits per heavy atom. The summed E-state index contributed by atoms with van der Waals surface area (Å²) >= 11 is 0.